The van der Waals surface area contributed by atoms with Gasteiger partial charge < -0.3 is 10.1 Å². The number of ether oxygens (including phenoxy) is 1. The highest BCUT2D eigenvalue weighted by Crippen LogP contribution is 2.26. The van der Waals surface area contributed by atoms with Gasteiger partial charge in [-0.05, 0) is 75.6 Å². The number of aryl methyl sites for hydroxylation is 3. The largest absolute Gasteiger partial charge is 0.494 e. The number of benzene rings is 3. The van der Waals surface area contributed by atoms with Crippen molar-refractivity contribution in [3.8, 4) is 5.75 Å². The summed E-state index contributed by atoms with van der Waals surface area (Å²) in [4.78, 5) is 12.9. The minimum Gasteiger partial charge on any atom is -0.494 e. The SMILES string of the molecule is CCOc1ccc(N(CC(=O)NCCCc2cccc(C)c2)S(=O)(=O)c2ccc(C)cc2)cc1. The Kier molecular flexibility index (Phi) is 8.71. The van der Waals surface area contributed by atoms with Crippen molar-refractivity contribution in [2.45, 2.75) is 38.5 Å². The Hall–Kier alpha value is -3.32. The zero-order valence-corrected chi connectivity index (χ0v) is 20.8. The maximum atomic E-state index is 13.5. The van der Waals surface area contributed by atoms with E-state index in [4.69, 9.17) is 4.74 Å². The summed E-state index contributed by atoms with van der Waals surface area (Å²) in [6.45, 7) is 6.49. The Bertz CT molecular complexity index is 1190. The third-order valence-corrected chi connectivity index (χ3v) is 7.17. The van der Waals surface area contributed by atoms with E-state index in [1.54, 1.807) is 48.5 Å². The molecule has 0 radical (unpaired) electrons. The van der Waals surface area contributed by atoms with Gasteiger partial charge in [0.15, 0.2) is 0 Å². The average Bonchev–Trinajstić information content (AvgIpc) is 2.81. The van der Waals surface area contributed by atoms with Crippen LogP contribution in [0.3, 0.4) is 0 Å². The first-order chi connectivity index (χ1) is 16.3. The van der Waals surface area contributed by atoms with Gasteiger partial charge in [-0.25, -0.2) is 8.42 Å². The standard InChI is InChI=1S/C27H32N2O4S/c1-4-33-25-14-12-24(13-15-25)29(34(31,32)26-16-10-21(2)11-17-26)20-27(30)28-18-6-9-23-8-5-7-22(3)19-23/h5,7-8,10-17,19H,4,6,9,18,20H2,1-3H3,(H,28,30). The van der Waals surface area contributed by atoms with E-state index >= 15 is 0 Å². The second-order valence-corrected chi connectivity index (χ2v) is 10.1. The average molecular weight is 481 g/mol. The molecule has 0 spiro atoms. The lowest BCUT2D eigenvalue weighted by Gasteiger charge is -2.24. The molecule has 34 heavy (non-hydrogen) atoms. The van der Waals surface area contributed by atoms with Crippen molar-refractivity contribution in [3.05, 3.63) is 89.5 Å². The van der Waals surface area contributed by atoms with Crippen molar-refractivity contribution >= 4 is 21.6 Å². The maximum absolute atomic E-state index is 13.5. The molecule has 0 bridgehead atoms. The number of carbonyl (C=O) groups is 1. The van der Waals surface area contributed by atoms with Crippen LogP contribution in [0.1, 0.15) is 30.0 Å². The van der Waals surface area contributed by atoms with Crippen LogP contribution >= 0.6 is 0 Å². The number of amides is 1. The van der Waals surface area contributed by atoms with Gasteiger partial charge in [-0.2, -0.15) is 0 Å². The summed E-state index contributed by atoms with van der Waals surface area (Å²) in [6.07, 6.45) is 1.61. The molecule has 0 atom stereocenters. The molecular formula is C27H32N2O4S. The highest BCUT2D eigenvalue weighted by atomic mass is 32.2. The smallest absolute Gasteiger partial charge is 0.264 e. The molecule has 0 saturated heterocycles. The van der Waals surface area contributed by atoms with Crippen molar-refractivity contribution in [1.29, 1.82) is 0 Å². The maximum Gasteiger partial charge on any atom is 0.264 e. The molecule has 0 aliphatic rings. The minimum atomic E-state index is -3.94. The monoisotopic (exact) mass is 480 g/mol. The van der Waals surface area contributed by atoms with E-state index in [1.807, 2.05) is 19.9 Å². The highest BCUT2D eigenvalue weighted by Gasteiger charge is 2.27. The highest BCUT2D eigenvalue weighted by molar-refractivity contribution is 7.92. The Labute approximate surface area is 202 Å². The van der Waals surface area contributed by atoms with Crippen molar-refractivity contribution in [2.75, 3.05) is 24.0 Å². The first kappa shape index (κ1) is 25.3. The number of anilines is 1. The van der Waals surface area contributed by atoms with E-state index in [1.165, 1.54) is 11.1 Å². The van der Waals surface area contributed by atoms with E-state index in [2.05, 4.69) is 30.4 Å². The van der Waals surface area contributed by atoms with Crippen LogP contribution in [0.15, 0.2) is 77.7 Å². The molecule has 0 aliphatic carbocycles. The molecule has 0 fully saturated rings. The lowest BCUT2D eigenvalue weighted by molar-refractivity contribution is -0.119. The third kappa shape index (κ3) is 6.84. The van der Waals surface area contributed by atoms with Gasteiger partial charge in [0, 0.05) is 6.54 Å². The lowest BCUT2D eigenvalue weighted by atomic mass is 10.1. The number of nitrogens with one attached hydrogen (secondary N) is 1. The molecule has 1 amide bonds. The summed E-state index contributed by atoms with van der Waals surface area (Å²) in [6, 6.07) is 21.6. The van der Waals surface area contributed by atoms with Gasteiger partial charge in [-0.15, -0.1) is 0 Å². The molecule has 0 saturated carbocycles. The van der Waals surface area contributed by atoms with Crippen LogP contribution in [0.5, 0.6) is 5.75 Å². The zero-order chi connectivity index (χ0) is 24.6. The van der Waals surface area contributed by atoms with Crippen LogP contribution in [0.2, 0.25) is 0 Å². The van der Waals surface area contributed by atoms with Crippen molar-refractivity contribution in [3.63, 3.8) is 0 Å². The van der Waals surface area contributed by atoms with Crippen LogP contribution < -0.4 is 14.4 Å². The topological polar surface area (TPSA) is 75.7 Å². The van der Waals surface area contributed by atoms with Gasteiger partial charge in [-0.3, -0.25) is 9.10 Å². The number of carbonyl (C=O) groups excluding carboxylic acids is 1. The number of rotatable bonds is 11. The Morgan fingerprint density at radius 3 is 2.29 bits per heavy atom. The lowest BCUT2D eigenvalue weighted by Crippen LogP contribution is -2.41. The van der Waals surface area contributed by atoms with Crippen LogP contribution in [-0.4, -0.2) is 34.0 Å². The van der Waals surface area contributed by atoms with E-state index < -0.39 is 10.0 Å². The van der Waals surface area contributed by atoms with Gasteiger partial charge in [-0.1, -0.05) is 47.5 Å². The van der Waals surface area contributed by atoms with E-state index in [0.717, 1.165) is 22.7 Å². The molecule has 0 unspecified atom stereocenters. The number of sulfonamides is 1. The molecule has 1 N–H and O–H groups in total. The van der Waals surface area contributed by atoms with E-state index in [0.29, 0.717) is 24.6 Å². The fourth-order valence-corrected chi connectivity index (χ4v) is 5.02. The Balaban J connectivity index is 1.72. The van der Waals surface area contributed by atoms with Crippen molar-refractivity contribution < 1.29 is 17.9 Å². The fourth-order valence-electron chi connectivity index (χ4n) is 3.60. The Morgan fingerprint density at radius 1 is 0.941 bits per heavy atom. The predicted octanol–water partition coefficient (Wildman–Crippen LogP) is 4.65. The molecule has 0 aliphatic heterocycles. The second-order valence-electron chi connectivity index (χ2n) is 8.19. The summed E-state index contributed by atoms with van der Waals surface area (Å²) < 4.78 is 33.5. The van der Waals surface area contributed by atoms with Crippen LogP contribution in [0.4, 0.5) is 5.69 Å². The van der Waals surface area contributed by atoms with E-state index in [9.17, 15) is 13.2 Å². The summed E-state index contributed by atoms with van der Waals surface area (Å²) >= 11 is 0. The quantitative estimate of drug-likeness (QED) is 0.406. The van der Waals surface area contributed by atoms with Gasteiger partial charge in [0.25, 0.3) is 10.0 Å². The molecule has 3 rings (SSSR count). The molecular weight excluding hydrogens is 448 g/mol. The van der Waals surface area contributed by atoms with Gasteiger partial charge >= 0.3 is 0 Å². The fraction of sp³-hybridized carbons (Fsp3) is 0.296. The van der Waals surface area contributed by atoms with Gasteiger partial charge in [0.1, 0.15) is 12.3 Å². The molecule has 6 nitrogen and oxygen atoms in total. The third-order valence-electron chi connectivity index (χ3n) is 5.38. The predicted molar refractivity (Wildman–Crippen MR) is 136 cm³/mol. The van der Waals surface area contributed by atoms with Crippen molar-refractivity contribution in [1.82, 2.24) is 5.32 Å². The Morgan fingerprint density at radius 2 is 1.65 bits per heavy atom. The second kappa shape index (κ2) is 11.7. The number of nitrogens with zero attached hydrogens (tertiary/aromatic N) is 1. The normalized spacial score (nSPS) is 11.1. The molecule has 3 aromatic rings. The van der Waals surface area contributed by atoms with Crippen LogP contribution in [0.25, 0.3) is 0 Å². The first-order valence-corrected chi connectivity index (χ1v) is 12.9. The van der Waals surface area contributed by atoms with Gasteiger partial charge in [0.05, 0.1) is 17.2 Å². The summed E-state index contributed by atoms with van der Waals surface area (Å²) in [5, 5.41) is 2.86. The summed E-state index contributed by atoms with van der Waals surface area (Å²) in [5.41, 5.74) is 3.78. The van der Waals surface area contributed by atoms with Gasteiger partial charge in [0.2, 0.25) is 5.91 Å². The van der Waals surface area contributed by atoms with Crippen molar-refractivity contribution in [2.24, 2.45) is 0 Å². The minimum absolute atomic E-state index is 0.138. The molecule has 180 valence electrons. The molecule has 0 heterocycles. The summed E-state index contributed by atoms with van der Waals surface area (Å²) in [7, 11) is -3.94. The summed E-state index contributed by atoms with van der Waals surface area (Å²) in [5.74, 6) is 0.286. The number of hydrogen-bond acceptors (Lipinski definition) is 4. The first-order valence-electron chi connectivity index (χ1n) is 11.4. The van der Waals surface area contributed by atoms with Crippen LogP contribution in [0, 0.1) is 13.8 Å². The molecule has 0 aromatic heterocycles. The molecule has 7 heteroatoms. The van der Waals surface area contributed by atoms with E-state index in [-0.39, 0.29) is 17.3 Å². The number of hydrogen-bond donors (Lipinski definition) is 1. The molecule has 3 aromatic carbocycles. The van der Waals surface area contributed by atoms with Crippen LogP contribution in [-0.2, 0) is 21.2 Å². The zero-order valence-electron chi connectivity index (χ0n) is 20.0.